The predicted molar refractivity (Wildman–Crippen MR) is 129 cm³/mol. The van der Waals surface area contributed by atoms with Crippen LogP contribution in [0.4, 0.5) is 4.79 Å². The third-order valence-corrected chi connectivity index (χ3v) is 4.77. The zero-order valence-electron chi connectivity index (χ0n) is 20.2. The Hall–Kier alpha value is -3.09. The fraction of sp³-hybridized carbons (Fsp3) is 0.480. The molecule has 1 amide bonds. The first-order valence-corrected chi connectivity index (χ1v) is 10.9. The molecule has 0 atom stereocenters. The van der Waals surface area contributed by atoms with E-state index in [0.717, 1.165) is 34.9 Å². The molecule has 0 spiro atoms. The molecule has 0 radical (unpaired) electrons. The van der Waals surface area contributed by atoms with Crippen molar-refractivity contribution in [1.82, 2.24) is 14.9 Å². The van der Waals surface area contributed by atoms with Crippen LogP contribution in [0.25, 0.3) is 21.7 Å². The molecule has 2 heterocycles. The summed E-state index contributed by atoms with van der Waals surface area (Å²) in [5.74, 6) is 1.50. The second-order valence-electron chi connectivity index (χ2n) is 9.10. The van der Waals surface area contributed by atoms with Crippen molar-refractivity contribution >= 4 is 27.8 Å². The van der Waals surface area contributed by atoms with Crippen molar-refractivity contribution in [2.45, 2.75) is 53.1 Å². The molecular weight excluding hydrogens is 406 g/mol. The van der Waals surface area contributed by atoms with Crippen molar-refractivity contribution < 1.29 is 14.3 Å². The molecule has 2 aromatic heterocycles. The van der Waals surface area contributed by atoms with Gasteiger partial charge >= 0.3 is 6.09 Å². The molecule has 3 aromatic rings. The Bertz CT molecular complexity index is 1110. The van der Waals surface area contributed by atoms with E-state index in [1.165, 1.54) is 7.05 Å². The lowest BCUT2D eigenvalue weighted by Crippen LogP contribution is -2.30. The van der Waals surface area contributed by atoms with Gasteiger partial charge in [-0.3, -0.25) is 9.78 Å². The average molecular weight is 442 g/mol. The van der Waals surface area contributed by atoms with E-state index in [0.29, 0.717) is 17.9 Å². The van der Waals surface area contributed by atoms with E-state index in [2.05, 4.69) is 24.1 Å². The van der Waals surface area contributed by atoms with E-state index in [9.17, 15) is 9.59 Å². The highest BCUT2D eigenvalue weighted by molar-refractivity contribution is 6.05. The zero-order valence-corrected chi connectivity index (χ0v) is 20.2. The van der Waals surface area contributed by atoms with Crippen molar-refractivity contribution in [1.29, 1.82) is 0 Å². The SMILES string of the molecule is CC(C)CCCOc1ccc2c3ccncc3c(=O)n(C)c2c1.CNC(=O)OC(C)(C)C. The fourth-order valence-electron chi connectivity index (χ4n) is 3.21. The van der Waals surface area contributed by atoms with Gasteiger partial charge in [-0.1, -0.05) is 13.8 Å². The highest BCUT2D eigenvalue weighted by Crippen LogP contribution is 2.25. The Morgan fingerprint density at radius 3 is 2.47 bits per heavy atom. The molecular formula is C25H35N3O4. The van der Waals surface area contributed by atoms with Crippen molar-refractivity contribution in [3.63, 3.8) is 0 Å². The molecule has 3 rings (SSSR count). The van der Waals surface area contributed by atoms with Gasteiger partial charge in [-0.2, -0.15) is 0 Å². The maximum absolute atomic E-state index is 12.5. The minimum absolute atomic E-state index is 0.0300. The van der Waals surface area contributed by atoms with Crippen molar-refractivity contribution in [3.8, 4) is 5.75 Å². The minimum Gasteiger partial charge on any atom is -0.494 e. The van der Waals surface area contributed by atoms with Gasteiger partial charge in [-0.15, -0.1) is 0 Å². The molecule has 0 aliphatic rings. The molecule has 174 valence electrons. The van der Waals surface area contributed by atoms with Gasteiger partial charge in [-0.25, -0.2) is 4.79 Å². The Morgan fingerprint density at radius 2 is 1.88 bits per heavy atom. The lowest BCUT2D eigenvalue weighted by atomic mass is 10.1. The molecule has 7 heteroatoms. The highest BCUT2D eigenvalue weighted by atomic mass is 16.6. The second-order valence-corrected chi connectivity index (χ2v) is 9.10. The predicted octanol–water partition coefficient (Wildman–Crippen LogP) is 5.04. The first-order chi connectivity index (χ1) is 15.0. The summed E-state index contributed by atoms with van der Waals surface area (Å²) in [6.07, 6.45) is 5.16. The van der Waals surface area contributed by atoms with Crippen molar-refractivity contribution in [3.05, 3.63) is 47.0 Å². The van der Waals surface area contributed by atoms with E-state index in [4.69, 9.17) is 9.47 Å². The van der Waals surface area contributed by atoms with E-state index in [1.807, 2.05) is 45.0 Å². The van der Waals surface area contributed by atoms with Gasteiger partial charge in [0.1, 0.15) is 11.4 Å². The average Bonchev–Trinajstić information content (AvgIpc) is 2.74. The summed E-state index contributed by atoms with van der Waals surface area (Å²) in [6.45, 7) is 10.6. The summed E-state index contributed by atoms with van der Waals surface area (Å²) in [7, 11) is 3.33. The van der Waals surface area contributed by atoms with Gasteiger partial charge in [0.15, 0.2) is 0 Å². The molecule has 1 N–H and O–H groups in total. The molecule has 0 aliphatic carbocycles. The van der Waals surface area contributed by atoms with Gasteiger partial charge in [0.2, 0.25) is 0 Å². The number of hydrogen-bond donors (Lipinski definition) is 1. The molecule has 0 fully saturated rings. The van der Waals surface area contributed by atoms with Crippen molar-refractivity contribution in [2.24, 2.45) is 13.0 Å². The number of carbonyl (C=O) groups excluding carboxylic acids is 1. The highest BCUT2D eigenvalue weighted by Gasteiger charge is 2.14. The third-order valence-electron chi connectivity index (χ3n) is 4.77. The number of benzene rings is 1. The Labute approximate surface area is 189 Å². The standard InChI is InChI=1S/C19H22N2O2.C6H13NO2/c1-13(2)5-4-10-23-14-6-7-16-15-8-9-20-12-17(15)19(22)21(3)18(16)11-14;1-6(2,3)9-5(8)7-4/h6-9,11-13H,4-5,10H2,1-3H3;1-4H3,(H,7,8). The van der Waals surface area contributed by atoms with Gasteiger partial charge < -0.3 is 19.4 Å². The number of fused-ring (bicyclic) bond motifs is 3. The maximum Gasteiger partial charge on any atom is 0.407 e. The molecule has 0 saturated heterocycles. The van der Waals surface area contributed by atoms with E-state index in [-0.39, 0.29) is 17.3 Å². The molecule has 0 bridgehead atoms. The quantitative estimate of drug-likeness (QED) is 0.443. The van der Waals surface area contributed by atoms with Crippen LogP contribution in [0.1, 0.15) is 47.5 Å². The largest absolute Gasteiger partial charge is 0.494 e. The molecule has 0 aliphatic heterocycles. The van der Waals surface area contributed by atoms with E-state index >= 15 is 0 Å². The summed E-state index contributed by atoms with van der Waals surface area (Å²) in [5.41, 5.74) is 0.465. The number of rotatable bonds is 5. The van der Waals surface area contributed by atoms with Crippen LogP contribution in [-0.4, -0.2) is 34.9 Å². The Balaban J connectivity index is 0.000000344. The van der Waals surface area contributed by atoms with E-state index < -0.39 is 0 Å². The molecule has 1 aromatic carbocycles. The second kappa shape index (κ2) is 11.0. The molecule has 32 heavy (non-hydrogen) atoms. The fourth-order valence-corrected chi connectivity index (χ4v) is 3.21. The number of nitrogens with zero attached hydrogens (tertiary/aromatic N) is 2. The first kappa shape index (κ1) is 25.2. The van der Waals surface area contributed by atoms with Crippen LogP contribution in [-0.2, 0) is 11.8 Å². The first-order valence-electron chi connectivity index (χ1n) is 10.9. The van der Waals surface area contributed by atoms with Crippen LogP contribution < -0.4 is 15.6 Å². The molecule has 0 unspecified atom stereocenters. The summed E-state index contributed by atoms with van der Waals surface area (Å²) >= 11 is 0. The summed E-state index contributed by atoms with van der Waals surface area (Å²) in [5, 5.41) is 4.98. The number of hydrogen-bond acceptors (Lipinski definition) is 5. The number of ether oxygens (including phenoxy) is 2. The van der Waals surface area contributed by atoms with Crippen LogP contribution in [0.15, 0.2) is 41.5 Å². The van der Waals surface area contributed by atoms with Crippen LogP contribution in [0.3, 0.4) is 0 Å². The normalized spacial score (nSPS) is 11.2. The number of carbonyl (C=O) groups is 1. The number of aromatic nitrogens is 2. The van der Waals surface area contributed by atoms with E-state index in [1.54, 1.807) is 24.0 Å². The van der Waals surface area contributed by atoms with Crippen LogP contribution >= 0.6 is 0 Å². The zero-order chi connectivity index (χ0) is 23.9. The minimum atomic E-state index is -0.389. The van der Waals surface area contributed by atoms with Crippen LogP contribution in [0.2, 0.25) is 0 Å². The molecule has 0 saturated carbocycles. The number of pyridine rings is 2. The van der Waals surface area contributed by atoms with Crippen LogP contribution in [0.5, 0.6) is 5.75 Å². The van der Waals surface area contributed by atoms with Gasteiger partial charge in [0, 0.05) is 37.9 Å². The Kier molecular flexibility index (Phi) is 8.63. The monoisotopic (exact) mass is 441 g/mol. The number of aryl methyl sites for hydroxylation is 1. The summed E-state index contributed by atoms with van der Waals surface area (Å²) in [4.78, 5) is 27.0. The smallest absolute Gasteiger partial charge is 0.407 e. The number of nitrogens with one attached hydrogen (secondary N) is 1. The Morgan fingerprint density at radius 1 is 1.16 bits per heavy atom. The maximum atomic E-state index is 12.5. The van der Waals surface area contributed by atoms with Crippen LogP contribution in [0, 0.1) is 5.92 Å². The lowest BCUT2D eigenvalue weighted by molar-refractivity contribution is 0.0541. The number of amides is 1. The van der Waals surface area contributed by atoms with Crippen molar-refractivity contribution in [2.75, 3.05) is 13.7 Å². The van der Waals surface area contributed by atoms with Gasteiger partial charge in [-0.05, 0) is 63.1 Å². The third kappa shape index (κ3) is 6.97. The topological polar surface area (TPSA) is 82.5 Å². The summed E-state index contributed by atoms with van der Waals surface area (Å²) in [6, 6.07) is 7.84. The van der Waals surface area contributed by atoms with Gasteiger partial charge in [0.25, 0.3) is 5.56 Å². The summed E-state index contributed by atoms with van der Waals surface area (Å²) < 4.78 is 12.3. The lowest BCUT2D eigenvalue weighted by Gasteiger charge is -2.18. The molecule has 7 nitrogen and oxygen atoms in total. The van der Waals surface area contributed by atoms with Gasteiger partial charge in [0.05, 0.1) is 17.5 Å². The number of alkyl carbamates (subject to hydrolysis) is 1.